The summed E-state index contributed by atoms with van der Waals surface area (Å²) in [5, 5.41) is 8.87. The Morgan fingerprint density at radius 2 is 1.17 bits per heavy atom. The molecule has 0 aliphatic carbocycles. The highest BCUT2D eigenvalue weighted by molar-refractivity contribution is 7.75. The maximum Gasteiger partial charge on any atom is 0.0724 e. The molecule has 0 fully saturated rings. The molecule has 0 N–H and O–H groups in total. The van der Waals surface area contributed by atoms with E-state index in [1.54, 1.807) is 0 Å². The average molecular weight is 292 g/mol. The van der Waals surface area contributed by atoms with Crippen LogP contribution in [0.25, 0.3) is 0 Å². The average Bonchev–Trinajstić information content (AvgIpc) is 2.37. The van der Waals surface area contributed by atoms with Gasteiger partial charge in [-0.3, -0.25) is 0 Å². The highest BCUT2D eigenvalue weighted by Crippen LogP contribution is 2.61. The number of unbranched alkanes of at least 4 members (excludes halogenated alkanes) is 3. The molecule has 18 heavy (non-hydrogen) atoms. The second-order valence-electron chi connectivity index (χ2n) is 5.20. The Morgan fingerprint density at radius 3 is 1.44 bits per heavy atom. The van der Waals surface area contributed by atoms with E-state index in [-0.39, 0.29) is 12.4 Å². The van der Waals surface area contributed by atoms with Crippen LogP contribution in [0.2, 0.25) is 0 Å². The smallest absolute Gasteiger partial charge is 0.0724 e. The number of nitriles is 1. The second-order valence-corrected chi connectivity index (χ2v) is 9.68. The lowest BCUT2D eigenvalue weighted by Crippen LogP contribution is -3.00. The van der Waals surface area contributed by atoms with E-state index in [2.05, 4.69) is 26.8 Å². The zero-order chi connectivity index (χ0) is 13.0. The molecule has 0 aromatic heterocycles. The molecule has 0 radical (unpaired) electrons. The summed E-state index contributed by atoms with van der Waals surface area (Å²) in [6, 6.07) is 2.38. The normalized spacial score (nSPS) is 10.8. The lowest BCUT2D eigenvalue weighted by atomic mass is 10.4. The van der Waals surface area contributed by atoms with E-state index in [0.717, 1.165) is 6.42 Å². The third-order valence-corrected chi connectivity index (χ3v) is 8.62. The molecule has 0 amide bonds. The topological polar surface area (TPSA) is 23.8 Å². The van der Waals surface area contributed by atoms with Crippen molar-refractivity contribution in [1.29, 1.82) is 5.26 Å². The van der Waals surface area contributed by atoms with Crippen molar-refractivity contribution in [3.05, 3.63) is 0 Å². The van der Waals surface area contributed by atoms with Crippen LogP contribution in [0.3, 0.4) is 0 Å². The molecular formula is C15H31ClNP. The minimum atomic E-state index is -0.785. The molecular weight excluding hydrogens is 261 g/mol. The van der Waals surface area contributed by atoms with Crippen LogP contribution in [-0.2, 0) is 0 Å². The molecule has 0 aromatic carbocycles. The summed E-state index contributed by atoms with van der Waals surface area (Å²) in [7, 11) is -0.785. The van der Waals surface area contributed by atoms with Gasteiger partial charge >= 0.3 is 0 Å². The fourth-order valence-electron chi connectivity index (χ4n) is 2.44. The molecule has 0 aliphatic heterocycles. The van der Waals surface area contributed by atoms with E-state index < -0.39 is 7.26 Å². The number of nitrogens with zero attached hydrogens (tertiary/aromatic N) is 1. The van der Waals surface area contributed by atoms with Gasteiger partial charge in [0.15, 0.2) is 0 Å². The Balaban J connectivity index is 0. The van der Waals surface area contributed by atoms with Gasteiger partial charge in [0.05, 0.1) is 37.1 Å². The first-order valence-electron chi connectivity index (χ1n) is 7.46. The van der Waals surface area contributed by atoms with Crippen molar-refractivity contribution in [1.82, 2.24) is 0 Å². The molecule has 0 bridgehead atoms. The second kappa shape index (κ2) is 13.6. The van der Waals surface area contributed by atoms with Crippen molar-refractivity contribution in [2.45, 2.75) is 65.7 Å². The summed E-state index contributed by atoms with van der Waals surface area (Å²) in [5.41, 5.74) is 0. The molecule has 0 spiro atoms. The SMILES string of the molecule is CCCC[P+](CCC#N)(CCCC)CCCC.[Cl-]. The Kier molecular flexibility index (Phi) is 15.6. The number of hydrogen-bond acceptors (Lipinski definition) is 1. The van der Waals surface area contributed by atoms with E-state index in [0.29, 0.717) is 0 Å². The molecule has 0 aliphatic rings. The van der Waals surface area contributed by atoms with E-state index in [4.69, 9.17) is 5.26 Å². The molecule has 108 valence electrons. The van der Waals surface area contributed by atoms with Crippen molar-refractivity contribution in [3.63, 3.8) is 0 Å². The summed E-state index contributed by atoms with van der Waals surface area (Å²) < 4.78 is 0. The third-order valence-electron chi connectivity index (χ3n) is 3.66. The van der Waals surface area contributed by atoms with Gasteiger partial charge in [-0.1, -0.05) is 40.0 Å². The maximum absolute atomic E-state index is 8.87. The summed E-state index contributed by atoms with van der Waals surface area (Å²) in [4.78, 5) is 0. The van der Waals surface area contributed by atoms with Gasteiger partial charge < -0.3 is 12.4 Å². The zero-order valence-corrected chi connectivity index (χ0v) is 14.2. The predicted octanol–water partition coefficient (Wildman–Crippen LogP) is 2.32. The third kappa shape index (κ3) is 9.18. The minimum Gasteiger partial charge on any atom is -1.00 e. The Morgan fingerprint density at radius 1 is 0.778 bits per heavy atom. The van der Waals surface area contributed by atoms with Crippen LogP contribution < -0.4 is 12.4 Å². The molecule has 0 saturated heterocycles. The highest BCUT2D eigenvalue weighted by atomic mass is 35.5. The summed E-state index contributed by atoms with van der Waals surface area (Å²) in [5.74, 6) is 0. The van der Waals surface area contributed by atoms with E-state index >= 15 is 0 Å². The molecule has 0 saturated carbocycles. The number of rotatable bonds is 11. The Bertz CT molecular complexity index is 191. The standard InChI is InChI=1S/C15H31NP.ClH/c1-4-7-12-17(13-8-5-2,14-9-6-3)15-10-11-16;/h4-10,12-15H2,1-3H3;1H/q+1;/p-1. The van der Waals surface area contributed by atoms with Gasteiger partial charge in [0.25, 0.3) is 0 Å². The Hall–Kier alpha value is 0.210. The van der Waals surface area contributed by atoms with Gasteiger partial charge in [-0.25, -0.2) is 0 Å². The van der Waals surface area contributed by atoms with Gasteiger partial charge in [-0.05, 0) is 19.3 Å². The minimum absolute atomic E-state index is 0. The van der Waals surface area contributed by atoms with Crippen molar-refractivity contribution in [3.8, 4) is 6.07 Å². The van der Waals surface area contributed by atoms with E-state index in [9.17, 15) is 0 Å². The fraction of sp³-hybridized carbons (Fsp3) is 0.933. The number of hydrogen-bond donors (Lipinski definition) is 0. The summed E-state index contributed by atoms with van der Waals surface area (Å²) in [6.45, 7) is 6.87. The number of halogens is 1. The van der Waals surface area contributed by atoms with Crippen LogP contribution in [0.15, 0.2) is 0 Å². The predicted molar refractivity (Wildman–Crippen MR) is 81.3 cm³/mol. The van der Waals surface area contributed by atoms with Crippen LogP contribution in [0, 0.1) is 11.3 Å². The van der Waals surface area contributed by atoms with E-state index in [1.807, 2.05) is 0 Å². The zero-order valence-electron chi connectivity index (χ0n) is 12.6. The molecule has 1 nitrogen and oxygen atoms in total. The fourth-order valence-corrected chi connectivity index (χ4v) is 7.32. The van der Waals surface area contributed by atoms with E-state index in [1.165, 1.54) is 63.2 Å². The van der Waals surface area contributed by atoms with Crippen molar-refractivity contribution in [2.75, 3.05) is 24.6 Å². The first-order chi connectivity index (χ1) is 8.24. The van der Waals surface area contributed by atoms with Gasteiger partial charge in [0.2, 0.25) is 0 Å². The van der Waals surface area contributed by atoms with Crippen LogP contribution in [-0.4, -0.2) is 24.6 Å². The molecule has 0 rings (SSSR count). The van der Waals surface area contributed by atoms with Crippen LogP contribution in [0.1, 0.15) is 65.7 Å². The first-order valence-corrected chi connectivity index (χ1v) is 9.99. The summed E-state index contributed by atoms with van der Waals surface area (Å²) in [6.07, 6.45) is 14.5. The van der Waals surface area contributed by atoms with Gasteiger partial charge in [0.1, 0.15) is 0 Å². The van der Waals surface area contributed by atoms with Gasteiger partial charge in [-0.2, -0.15) is 5.26 Å². The summed E-state index contributed by atoms with van der Waals surface area (Å²) >= 11 is 0. The largest absolute Gasteiger partial charge is 1.00 e. The molecule has 0 aromatic rings. The maximum atomic E-state index is 8.87. The van der Waals surface area contributed by atoms with Crippen molar-refractivity contribution in [2.24, 2.45) is 0 Å². The molecule has 0 heterocycles. The van der Waals surface area contributed by atoms with Crippen LogP contribution >= 0.6 is 7.26 Å². The highest BCUT2D eigenvalue weighted by Gasteiger charge is 2.34. The molecule has 3 heteroatoms. The van der Waals surface area contributed by atoms with Crippen LogP contribution in [0.4, 0.5) is 0 Å². The Labute approximate surface area is 121 Å². The van der Waals surface area contributed by atoms with Gasteiger partial charge in [0, 0.05) is 7.26 Å². The molecule has 0 unspecified atom stereocenters. The monoisotopic (exact) mass is 291 g/mol. The van der Waals surface area contributed by atoms with Gasteiger partial charge in [-0.15, -0.1) is 0 Å². The quantitative estimate of drug-likeness (QED) is 0.536. The molecule has 0 atom stereocenters. The van der Waals surface area contributed by atoms with Crippen molar-refractivity contribution < 1.29 is 12.4 Å². The lowest BCUT2D eigenvalue weighted by molar-refractivity contribution is -0.00000419. The first kappa shape index (κ1) is 20.5. The lowest BCUT2D eigenvalue weighted by Gasteiger charge is -2.27. The van der Waals surface area contributed by atoms with Crippen LogP contribution in [0.5, 0.6) is 0 Å². The van der Waals surface area contributed by atoms with Crippen molar-refractivity contribution >= 4 is 7.26 Å².